The van der Waals surface area contributed by atoms with E-state index < -0.39 is 5.92 Å². The second-order valence-corrected chi connectivity index (χ2v) is 8.74. The third-order valence-corrected chi connectivity index (χ3v) is 6.15. The number of carbonyl (C=O) groups excluding carboxylic acids is 1. The monoisotopic (exact) mass is 475 g/mol. The minimum Gasteiger partial charge on any atom is -0.385 e. The summed E-state index contributed by atoms with van der Waals surface area (Å²) in [7, 11) is 1.70. The zero-order valence-corrected chi connectivity index (χ0v) is 18.5. The number of carbonyl (C=O) groups is 1. The average Bonchev–Trinajstić information content (AvgIpc) is 2.88. The van der Waals surface area contributed by atoms with Crippen molar-refractivity contribution in [2.75, 3.05) is 33.4 Å². The maximum atomic E-state index is 13.8. The molecule has 2 atom stereocenters. The molecule has 2 heterocycles. The van der Waals surface area contributed by atoms with Crippen LogP contribution >= 0.6 is 27.5 Å². The van der Waals surface area contributed by atoms with Gasteiger partial charge in [0.2, 0.25) is 5.91 Å². The van der Waals surface area contributed by atoms with E-state index in [9.17, 15) is 4.79 Å². The molecule has 1 aliphatic heterocycles. The van der Waals surface area contributed by atoms with Crippen molar-refractivity contribution in [2.24, 2.45) is 0 Å². The number of hydrogen-bond donors (Lipinski definition) is 1. The van der Waals surface area contributed by atoms with Crippen LogP contribution in [0.25, 0.3) is 12.2 Å². The third kappa shape index (κ3) is 4.40. The standard InChI is InChI=1S/C22H23BrClN3O2/c1-29-9-6-18-13-27(8-7-25-18)22(28)20-19-5-4-17(24)11-14(19)2-3-15-10-16(23)12-26-21(15)20/h2-5,10-12,18,20,25H,6-9,13H2,1H3/t18-,20?/m0/s1. The highest BCUT2D eigenvalue weighted by Crippen LogP contribution is 2.37. The Kier molecular flexibility index (Phi) is 6.35. The second kappa shape index (κ2) is 8.96. The number of methoxy groups -OCH3 is 1. The van der Waals surface area contributed by atoms with Crippen LogP contribution in [0.1, 0.15) is 34.7 Å². The molecule has 0 spiro atoms. The maximum absolute atomic E-state index is 13.8. The summed E-state index contributed by atoms with van der Waals surface area (Å²) < 4.78 is 6.10. The first-order chi connectivity index (χ1) is 14.1. The number of pyridine rings is 1. The summed E-state index contributed by atoms with van der Waals surface area (Å²) in [5.74, 6) is -0.376. The van der Waals surface area contributed by atoms with Gasteiger partial charge in [-0.3, -0.25) is 9.78 Å². The van der Waals surface area contributed by atoms with Gasteiger partial charge in [-0.15, -0.1) is 0 Å². The number of halogens is 2. The van der Waals surface area contributed by atoms with Gasteiger partial charge >= 0.3 is 0 Å². The van der Waals surface area contributed by atoms with Crippen molar-refractivity contribution < 1.29 is 9.53 Å². The van der Waals surface area contributed by atoms with Gasteiger partial charge in [0.25, 0.3) is 0 Å². The molecule has 5 nitrogen and oxygen atoms in total. The van der Waals surface area contributed by atoms with Gasteiger partial charge in [-0.05, 0) is 57.2 Å². The lowest BCUT2D eigenvalue weighted by molar-refractivity contribution is -0.133. The van der Waals surface area contributed by atoms with Crippen LogP contribution in [0.2, 0.25) is 5.02 Å². The molecule has 1 aliphatic carbocycles. The summed E-state index contributed by atoms with van der Waals surface area (Å²) in [5.41, 5.74) is 3.62. The number of nitrogens with one attached hydrogen (secondary N) is 1. The van der Waals surface area contributed by atoms with Gasteiger partial charge in [-0.2, -0.15) is 0 Å². The molecular formula is C22H23BrClN3O2. The number of benzene rings is 1. The SMILES string of the molecule is COCC[C@H]1CN(C(=O)C2c3ccc(Cl)cc3C=Cc3cc(Br)cnc32)CCN1. The van der Waals surface area contributed by atoms with Gasteiger partial charge in [0, 0.05) is 55.1 Å². The Morgan fingerprint density at radius 1 is 1.34 bits per heavy atom. The van der Waals surface area contributed by atoms with Crippen LogP contribution in [0.3, 0.4) is 0 Å². The van der Waals surface area contributed by atoms with Crippen molar-refractivity contribution in [3.8, 4) is 0 Å². The number of aromatic nitrogens is 1. The van der Waals surface area contributed by atoms with Crippen molar-refractivity contribution in [3.63, 3.8) is 0 Å². The number of hydrogen-bond acceptors (Lipinski definition) is 4. The zero-order valence-electron chi connectivity index (χ0n) is 16.2. The molecule has 0 radical (unpaired) electrons. The van der Waals surface area contributed by atoms with Crippen LogP contribution in [0.4, 0.5) is 0 Å². The Morgan fingerprint density at radius 3 is 3.00 bits per heavy atom. The molecule has 0 bridgehead atoms. The summed E-state index contributed by atoms with van der Waals surface area (Å²) in [6, 6.07) is 7.95. The highest BCUT2D eigenvalue weighted by atomic mass is 79.9. The molecule has 2 aromatic rings. The lowest BCUT2D eigenvalue weighted by atomic mass is 9.89. The lowest BCUT2D eigenvalue weighted by Gasteiger charge is -2.36. The van der Waals surface area contributed by atoms with Gasteiger partial charge in [0.05, 0.1) is 5.69 Å². The molecular weight excluding hydrogens is 454 g/mol. The molecule has 1 unspecified atom stereocenters. The number of piperazine rings is 1. The Labute approximate surface area is 184 Å². The first-order valence-corrected chi connectivity index (χ1v) is 10.9. The molecule has 2 aliphatic rings. The summed E-state index contributed by atoms with van der Waals surface area (Å²) in [4.78, 5) is 20.4. The smallest absolute Gasteiger partial charge is 0.236 e. The lowest BCUT2D eigenvalue weighted by Crippen LogP contribution is -2.54. The predicted molar refractivity (Wildman–Crippen MR) is 119 cm³/mol. The number of rotatable bonds is 4. The van der Waals surface area contributed by atoms with E-state index in [0.717, 1.165) is 39.8 Å². The Hall–Kier alpha value is -1.73. The largest absolute Gasteiger partial charge is 0.385 e. The second-order valence-electron chi connectivity index (χ2n) is 7.38. The van der Waals surface area contributed by atoms with Gasteiger partial charge in [0.15, 0.2) is 0 Å². The molecule has 1 fully saturated rings. The van der Waals surface area contributed by atoms with Crippen LogP contribution < -0.4 is 5.32 Å². The molecule has 152 valence electrons. The number of amides is 1. The predicted octanol–water partition coefficient (Wildman–Crippen LogP) is 3.95. The normalized spacial score (nSPS) is 20.7. The first-order valence-electron chi connectivity index (χ1n) is 9.71. The minimum atomic E-state index is -0.457. The van der Waals surface area contributed by atoms with Gasteiger partial charge in [-0.25, -0.2) is 0 Å². The molecule has 1 N–H and O–H groups in total. The van der Waals surface area contributed by atoms with E-state index in [-0.39, 0.29) is 11.9 Å². The molecule has 1 aromatic heterocycles. The number of fused-ring (bicyclic) bond motifs is 2. The van der Waals surface area contributed by atoms with E-state index in [1.165, 1.54) is 0 Å². The fourth-order valence-electron chi connectivity index (χ4n) is 4.03. The summed E-state index contributed by atoms with van der Waals surface area (Å²) in [6.45, 7) is 2.80. The maximum Gasteiger partial charge on any atom is 0.236 e. The molecule has 4 rings (SSSR count). The Morgan fingerprint density at radius 2 is 2.17 bits per heavy atom. The molecule has 1 aromatic carbocycles. The number of nitrogens with zero attached hydrogens (tertiary/aromatic N) is 2. The van der Waals surface area contributed by atoms with Crippen molar-refractivity contribution in [2.45, 2.75) is 18.4 Å². The third-order valence-electron chi connectivity index (χ3n) is 5.48. The van der Waals surface area contributed by atoms with Crippen LogP contribution in [0.15, 0.2) is 34.9 Å². The van der Waals surface area contributed by atoms with E-state index >= 15 is 0 Å². The van der Waals surface area contributed by atoms with Crippen LogP contribution in [0.5, 0.6) is 0 Å². The van der Waals surface area contributed by atoms with Gasteiger partial charge < -0.3 is 15.0 Å². The van der Waals surface area contributed by atoms with Crippen molar-refractivity contribution in [1.29, 1.82) is 0 Å². The van der Waals surface area contributed by atoms with Crippen molar-refractivity contribution in [3.05, 3.63) is 62.3 Å². The van der Waals surface area contributed by atoms with Gasteiger partial charge in [-0.1, -0.05) is 29.8 Å². The molecule has 7 heteroatoms. The van der Waals surface area contributed by atoms with E-state index in [0.29, 0.717) is 24.7 Å². The summed E-state index contributed by atoms with van der Waals surface area (Å²) in [6.07, 6.45) is 6.66. The molecule has 1 amide bonds. The van der Waals surface area contributed by atoms with E-state index in [2.05, 4.69) is 26.2 Å². The van der Waals surface area contributed by atoms with Crippen molar-refractivity contribution in [1.82, 2.24) is 15.2 Å². The Balaban J connectivity index is 1.72. The minimum absolute atomic E-state index is 0.0808. The quantitative estimate of drug-likeness (QED) is 0.726. The van der Waals surface area contributed by atoms with Crippen LogP contribution in [-0.2, 0) is 9.53 Å². The van der Waals surface area contributed by atoms with Crippen LogP contribution in [-0.4, -0.2) is 55.2 Å². The van der Waals surface area contributed by atoms with Crippen LogP contribution in [0, 0.1) is 0 Å². The van der Waals surface area contributed by atoms with Crippen molar-refractivity contribution >= 4 is 45.6 Å². The highest BCUT2D eigenvalue weighted by molar-refractivity contribution is 9.10. The summed E-state index contributed by atoms with van der Waals surface area (Å²) >= 11 is 9.73. The average molecular weight is 477 g/mol. The molecule has 29 heavy (non-hydrogen) atoms. The number of ether oxygens (including phenoxy) is 1. The highest BCUT2D eigenvalue weighted by Gasteiger charge is 2.34. The fraction of sp³-hybridized carbons (Fsp3) is 0.364. The molecule has 1 saturated heterocycles. The Bertz CT molecular complexity index is 894. The van der Waals surface area contributed by atoms with E-state index in [1.54, 1.807) is 13.3 Å². The summed E-state index contributed by atoms with van der Waals surface area (Å²) in [5, 5.41) is 4.14. The fourth-order valence-corrected chi connectivity index (χ4v) is 4.56. The molecule has 0 saturated carbocycles. The van der Waals surface area contributed by atoms with E-state index in [1.807, 2.05) is 41.3 Å². The van der Waals surface area contributed by atoms with Gasteiger partial charge in [0.1, 0.15) is 5.92 Å². The first kappa shape index (κ1) is 20.5. The zero-order chi connectivity index (χ0) is 20.4. The van der Waals surface area contributed by atoms with E-state index in [4.69, 9.17) is 16.3 Å². The topological polar surface area (TPSA) is 54.5 Å².